The minimum atomic E-state index is -3.68. The van der Waals surface area contributed by atoms with Crippen molar-refractivity contribution in [2.75, 3.05) is 40.0 Å². The van der Waals surface area contributed by atoms with Gasteiger partial charge in [-0.2, -0.15) is 4.31 Å². The largest absolute Gasteiger partial charge is 0.497 e. The van der Waals surface area contributed by atoms with Gasteiger partial charge in [0.2, 0.25) is 15.9 Å². The molecule has 46 heavy (non-hydrogen) atoms. The maximum Gasteiger partial charge on any atom is 0.261 e. The van der Waals surface area contributed by atoms with E-state index < -0.39 is 22.0 Å². The molecule has 1 fully saturated rings. The van der Waals surface area contributed by atoms with E-state index in [-0.39, 0.29) is 43.6 Å². The monoisotopic (exact) mass is 644 g/mol. The van der Waals surface area contributed by atoms with Crippen molar-refractivity contribution in [1.82, 2.24) is 19.5 Å². The zero-order valence-electron chi connectivity index (χ0n) is 25.4. The Morgan fingerprint density at radius 3 is 2.24 bits per heavy atom. The van der Waals surface area contributed by atoms with Crippen LogP contribution < -0.4 is 14.8 Å². The molecule has 11 nitrogen and oxygen atoms in total. The van der Waals surface area contributed by atoms with Crippen molar-refractivity contribution in [2.24, 2.45) is 0 Å². The Kier molecular flexibility index (Phi) is 11.0. The summed E-state index contributed by atoms with van der Waals surface area (Å²) in [6.07, 6.45) is 1.65. The summed E-state index contributed by atoms with van der Waals surface area (Å²) in [6, 6.07) is 26.7. The van der Waals surface area contributed by atoms with Gasteiger partial charge >= 0.3 is 0 Å². The summed E-state index contributed by atoms with van der Waals surface area (Å²) < 4.78 is 43.8. The number of methoxy groups -OCH3 is 1. The smallest absolute Gasteiger partial charge is 0.261 e. The average Bonchev–Trinajstić information content (AvgIpc) is 3.11. The van der Waals surface area contributed by atoms with E-state index in [9.17, 15) is 18.0 Å². The van der Waals surface area contributed by atoms with Crippen molar-refractivity contribution >= 4 is 21.8 Å². The molecule has 3 aromatic carbocycles. The van der Waals surface area contributed by atoms with Gasteiger partial charge in [0.1, 0.15) is 17.5 Å². The summed E-state index contributed by atoms with van der Waals surface area (Å²) in [5.41, 5.74) is 2.09. The van der Waals surface area contributed by atoms with Crippen LogP contribution in [-0.2, 0) is 37.4 Å². The predicted octanol–water partition coefficient (Wildman–Crippen LogP) is 3.58. The van der Waals surface area contributed by atoms with Crippen LogP contribution in [0.15, 0.2) is 108 Å². The summed E-state index contributed by atoms with van der Waals surface area (Å²) in [4.78, 5) is 33.7. The first-order valence-corrected chi connectivity index (χ1v) is 16.2. The van der Waals surface area contributed by atoms with E-state index in [4.69, 9.17) is 14.2 Å². The van der Waals surface area contributed by atoms with Crippen LogP contribution in [0, 0.1) is 0 Å². The van der Waals surface area contributed by atoms with E-state index in [0.717, 1.165) is 5.56 Å². The molecule has 0 aliphatic carbocycles. The van der Waals surface area contributed by atoms with Gasteiger partial charge in [-0.3, -0.25) is 14.6 Å². The number of aromatic nitrogens is 1. The fourth-order valence-corrected chi connectivity index (χ4v) is 6.42. The van der Waals surface area contributed by atoms with Gasteiger partial charge in [0.05, 0.1) is 37.5 Å². The Hall–Kier alpha value is -4.78. The minimum Gasteiger partial charge on any atom is -0.497 e. The van der Waals surface area contributed by atoms with Crippen LogP contribution in [0.25, 0.3) is 0 Å². The number of hydrogen-bond donors (Lipinski definition) is 1. The first-order valence-electron chi connectivity index (χ1n) is 14.8. The van der Waals surface area contributed by atoms with Gasteiger partial charge in [-0.25, -0.2) is 8.42 Å². The molecule has 0 unspecified atom stereocenters. The summed E-state index contributed by atoms with van der Waals surface area (Å²) in [5, 5.41) is 2.93. The summed E-state index contributed by atoms with van der Waals surface area (Å²) >= 11 is 0. The van der Waals surface area contributed by atoms with E-state index in [2.05, 4.69) is 10.3 Å². The van der Waals surface area contributed by atoms with E-state index in [1.807, 2.05) is 42.5 Å². The number of hydrogen-bond acceptors (Lipinski definition) is 8. The van der Waals surface area contributed by atoms with Gasteiger partial charge in [0.25, 0.3) is 5.91 Å². The molecule has 0 spiro atoms. The first-order chi connectivity index (χ1) is 22.3. The van der Waals surface area contributed by atoms with E-state index >= 15 is 0 Å². The highest BCUT2D eigenvalue weighted by atomic mass is 32.2. The second kappa shape index (κ2) is 15.5. The lowest BCUT2D eigenvalue weighted by Gasteiger charge is -2.31. The van der Waals surface area contributed by atoms with Crippen LogP contribution in [0.3, 0.4) is 0 Å². The van der Waals surface area contributed by atoms with Gasteiger partial charge in [0.15, 0.2) is 6.61 Å². The molecule has 0 saturated carbocycles. The molecule has 240 valence electrons. The SMILES string of the molecule is COc1ccc(CN(C(=O)COc2ccc(S(=O)(=O)N3CCOCC3)cc2)[C@H](C(=O)NCc2ccccn2)c2ccccc2)cc1. The van der Waals surface area contributed by atoms with Gasteiger partial charge in [-0.15, -0.1) is 0 Å². The van der Waals surface area contributed by atoms with E-state index in [1.54, 1.807) is 43.6 Å². The lowest BCUT2D eigenvalue weighted by atomic mass is 10.0. The van der Waals surface area contributed by atoms with Crippen LogP contribution in [0.5, 0.6) is 11.5 Å². The lowest BCUT2D eigenvalue weighted by Crippen LogP contribution is -2.45. The van der Waals surface area contributed by atoms with Crippen molar-refractivity contribution in [3.8, 4) is 11.5 Å². The molecule has 2 amide bonds. The number of nitrogens with one attached hydrogen (secondary N) is 1. The standard InChI is InChI=1S/C34H36N4O7S/c1-43-29-12-10-26(11-13-29)24-38(33(27-7-3-2-4-8-27)34(40)36-23-28-9-5-6-18-35-28)32(39)25-45-30-14-16-31(17-15-30)46(41,42)37-19-21-44-22-20-37/h2-18,33H,19-25H2,1H3,(H,36,40)/t33-/m0/s1. The van der Waals surface area contributed by atoms with Crippen molar-refractivity contribution in [3.05, 3.63) is 120 Å². The fourth-order valence-electron chi connectivity index (χ4n) is 5.01. The average molecular weight is 645 g/mol. The predicted molar refractivity (Wildman–Crippen MR) is 170 cm³/mol. The molecule has 1 N–H and O–H groups in total. The Morgan fingerprint density at radius 2 is 1.59 bits per heavy atom. The second-order valence-corrected chi connectivity index (χ2v) is 12.4. The van der Waals surface area contributed by atoms with Crippen LogP contribution >= 0.6 is 0 Å². The number of morpholine rings is 1. The number of carbonyl (C=O) groups is 2. The number of nitrogens with zero attached hydrogens (tertiary/aromatic N) is 3. The quantitative estimate of drug-likeness (QED) is 0.234. The molecule has 0 radical (unpaired) electrons. The number of rotatable bonds is 13. The molecule has 1 aliphatic rings. The molecule has 1 aromatic heterocycles. The Labute approximate surface area is 268 Å². The highest BCUT2D eigenvalue weighted by Crippen LogP contribution is 2.26. The third-order valence-electron chi connectivity index (χ3n) is 7.47. The van der Waals surface area contributed by atoms with Crippen LogP contribution in [0.2, 0.25) is 0 Å². The molecule has 1 aliphatic heterocycles. The number of sulfonamides is 1. The van der Waals surface area contributed by atoms with Crippen LogP contribution in [0.1, 0.15) is 22.9 Å². The molecule has 2 heterocycles. The maximum absolute atomic E-state index is 13.9. The van der Waals surface area contributed by atoms with E-state index in [0.29, 0.717) is 36.0 Å². The number of benzene rings is 3. The highest BCUT2D eigenvalue weighted by Gasteiger charge is 2.32. The summed E-state index contributed by atoms with van der Waals surface area (Å²) in [7, 11) is -2.10. The fraction of sp³-hybridized carbons (Fsp3) is 0.265. The summed E-state index contributed by atoms with van der Waals surface area (Å²) in [6.45, 7) is 1.18. The Morgan fingerprint density at radius 1 is 0.913 bits per heavy atom. The van der Waals surface area contributed by atoms with Crippen molar-refractivity contribution in [3.63, 3.8) is 0 Å². The number of pyridine rings is 1. The summed E-state index contributed by atoms with van der Waals surface area (Å²) in [5.74, 6) is 0.158. The normalized spacial score (nSPS) is 14.2. The lowest BCUT2D eigenvalue weighted by molar-refractivity contribution is -0.143. The third kappa shape index (κ3) is 8.27. The maximum atomic E-state index is 13.9. The first kappa shape index (κ1) is 32.6. The second-order valence-electron chi connectivity index (χ2n) is 10.5. The van der Waals surface area contributed by atoms with Gasteiger partial charge < -0.3 is 24.4 Å². The molecular formula is C34H36N4O7S. The van der Waals surface area contributed by atoms with Crippen LogP contribution in [0.4, 0.5) is 0 Å². The molecule has 0 bridgehead atoms. The number of amides is 2. The molecule has 1 atom stereocenters. The van der Waals surface area contributed by atoms with Crippen molar-refractivity contribution in [1.29, 1.82) is 0 Å². The number of carbonyl (C=O) groups excluding carboxylic acids is 2. The molecule has 12 heteroatoms. The molecule has 1 saturated heterocycles. The molecule has 5 rings (SSSR count). The Bertz CT molecular complexity index is 1680. The van der Waals surface area contributed by atoms with Crippen molar-refractivity contribution in [2.45, 2.75) is 24.0 Å². The zero-order valence-corrected chi connectivity index (χ0v) is 26.3. The Balaban J connectivity index is 1.37. The number of ether oxygens (including phenoxy) is 3. The van der Waals surface area contributed by atoms with Gasteiger partial charge in [-0.05, 0) is 59.7 Å². The zero-order chi connectivity index (χ0) is 32.4. The van der Waals surface area contributed by atoms with Crippen molar-refractivity contribution < 1.29 is 32.2 Å². The highest BCUT2D eigenvalue weighted by molar-refractivity contribution is 7.89. The topological polar surface area (TPSA) is 127 Å². The van der Waals surface area contributed by atoms with E-state index in [1.165, 1.54) is 33.5 Å². The molecular weight excluding hydrogens is 608 g/mol. The van der Waals surface area contributed by atoms with Crippen LogP contribution in [-0.4, -0.2) is 74.4 Å². The third-order valence-corrected chi connectivity index (χ3v) is 9.38. The van der Waals surface area contributed by atoms with Gasteiger partial charge in [-0.1, -0.05) is 48.5 Å². The minimum absolute atomic E-state index is 0.111. The van der Waals surface area contributed by atoms with Gasteiger partial charge in [0, 0.05) is 25.8 Å². The molecule has 4 aromatic rings.